The van der Waals surface area contributed by atoms with Gasteiger partial charge in [0.05, 0.1) is 0 Å². The second kappa shape index (κ2) is 4.86. The first kappa shape index (κ1) is 10.0. The molecule has 0 radical (unpaired) electrons. The van der Waals surface area contributed by atoms with Crippen molar-refractivity contribution in [1.29, 1.82) is 0 Å². The van der Waals surface area contributed by atoms with Gasteiger partial charge in [-0.25, -0.2) is 0 Å². The van der Waals surface area contributed by atoms with Gasteiger partial charge in [0, 0.05) is 6.04 Å². The fourth-order valence-corrected chi connectivity index (χ4v) is 2.43. The second-order valence-electron chi connectivity index (χ2n) is 4.27. The molecule has 1 fully saturated rings. The number of hydrogen-bond acceptors (Lipinski definition) is 1. The van der Waals surface area contributed by atoms with E-state index in [2.05, 4.69) is 13.8 Å². The van der Waals surface area contributed by atoms with Crippen molar-refractivity contribution >= 4 is 0 Å². The molecule has 72 valence electrons. The van der Waals surface area contributed by atoms with E-state index in [0.717, 1.165) is 18.3 Å². The zero-order chi connectivity index (χ0) is 8.97. The lowest BCUT2D eigenvalue weighted by atomic mass is 9.76. The fraction of sp³-hybridized carbons (Fsp3) is 1.00. The smallest absolute Gasteiger partial charge is 0.00646 e. The van der Waals surface area contributed by atoms with Crippen LogP contribution in [0.15, 0.2) is 0 Å². The molecule has 0 aromatic carbocycles. The Morgan fingerprint density at radius 1 is 1.33 bits per heavy atom. The van der Waals surface area contributed by atoms with E-state index in [9.17, 15) is 0 Å². The third-order valence-electron chi connectivity index (χ3n) is 3.48. The van der Waals surface area contributed by atoms with Crippen LogP contribution in [0, 0.1) is 11.8 Å². The van der Waals surface area contributed by atoms with Gasteiger partial charge in [-0.3, -0.25) is 0 Å². The summed E-state index contributed by atoms with van der Waals surface area (Å²) in [6.07, 6.45) is 8.14. The minimum atomic E-state index is 0.472. The summed E-state index contributed by atoms with van der Waals surface area (Å²) >= 11 is 0. The summed E-state index contributed by atoms with van der Waals surface area (Å²) in [5.74, 6) is 1.80. The van der Waals surface area contributed by atoms with Crippen LogP contribution in [0.3, 0.4) is 0 Å². The first-order valence-corrected chi connectivity index (χ1v) is 5.53. The van der Waals surface area contributed by atoms with Gasteiger partial charge in [-0.15, -0.1) is 0 Å². The molecule has 0 aromatic heterocycles. The van der Waals surface area contributed by atoms with Crippen molar-refractivity contribution in [2.24, 2.45) is 17.6 Å². The Labute approximate surface area is 76.7 Å². The van der Waals surface area contributed by atoms with Crippen LogP contribution in [0.2, 0.25) is 0 Å². The molecule has 0 saturated heterocycles. The van der Waals surface area contributed by atoms with Gasteiger partial charge in [-0.05, 0) is 31.1 Å². The van der Waals surface area contributed by atoms with E-state index in [0.29, 0.717) is 6.04 Å². The topological polar surface area (TPSA) is 26.0 Å². The van der Waals surface area contributed by atoms with Crippen LogP contribution in [-0.4, -0.2) is 6.04 Å². The minimum absolute atomic E-state index is 0.472. The first-order valence-electron chi connectivity index (χ1n) is 5.53. The zero-order valence-corrected chi connectivity index (χ0v) is 8.55. The number of nitrogens with two attached hydrogens (primary N) is 1. The number of rotatable bonds is 3. The Bertz CT molecular complexity index is 120. The van der Waals surface area contributed by atoms with Crippen molar-refractivity contribution in [3.8, 4) is 0 Å². The molecule has 1 aliphatic carbocycles. The lowest BCUT2D eigenvalue weighted by Gasteiger charge is -2.31. The molecule has 0 aromatic rings. The lowest BCUT2D eigenvalue weighted by molar-refractivity contribution is 0.226. The molecule has 3 atom stereocenters. The average Bonchev–Trinajstić information content (AvgIpc) is 2.17. The number of hydrogen-bond donors (Lipinski definition) is 1. The van der Waals surface area contributed by atoms with Gasteiger partial charge in [0.25, 0.3) is 0 Å². The Balaban J connectivity index is 2.34. The van der Waals surface area contributed by atoms with E-state index in [-0.39, 0.29) is 0 Å². The highest BCUT2D eigenvalue weighted by Crippen LogP contribution is 2.32. The van der Waals surface area contributed by atoms with Crippen LogP contribution in [0.5, 0.6) is 0 Å². The molecule has 0 bridgehead atoms. The molecule has 3 unspecified atom stereocenters. The zero-order valence-electron chi connectivity index (χ0n) is 8.55. The summed E-state index contributed by atoms with van der Waals surface area (Å²) in [5, 5.41) is 0. The van der Waals surface area contributed by atoms with Crippen LogP contribution in [0.1, 0.15) is 52.4 Å². The van der Waals surface area contributed by atoms with Crippen LogP contribution < -0.4 is 5.73 Å². The van der Waals surface area contributed by atoms with Gasteiger partial charge >= 0.3 is 0 Å². The molecule has 0 heterocycles. The van der Waals surface area contributed by atoms with Crippen molar-refractivity contribution in [3.05, 3.63) is 0 Å². The molecule has 1 nitrogen and oxygen atoms in total. The Morgan fingerprint density at radius 3 is 2.67 bits per heavy atom. The molecule has 1 saturated carbocycles. The first-order chi connectivity index (χ1) is 5.77. The molecule has 2 N–H and O–H groups in total. The lowest BCUT2D eigenvalue weighted by Crippen LogP contribution is -2.33. The van der Waals surface area contributed by atoms with Gasteiger partial charge in [-0.1, -0.05) is 33.1 Å². The summed E-state index contributed by atoms with van der Waals surface area (Å²) in [5.41, 5.74) is 6.06. The van der Waals surface area contributed by atoms with Crippen LogP contribution in [0.25, 0.3) is 0 Å². The van der Waals surface area contributed by atoms with E-state index in [1.807, 2.05) is 0 Å². The maximum atomic E-state index is 6.06. The van der Waals surface area contributed by atoms with E-state index < -0.39 is 0 Å². The molecular weight excluding hydrogens is 146 g/mol. The molecule has 1 aliphatic rings. The second-order valence-corrected chi connectivity index (χ2v) is 4.27. The highest BCUT2D eigenvalue weighted by Gasteiger charge is 2.24. The largest absolute Gasteiger partial charge is 0.327 e. The normalized spacial score (nSPS) is 33.2. The quantitative estimate of drug-likeness (QED) is 0.690. The molecule has 1 rings (SSSR count). The monoisotopic (exact) mass is 169 g/mol. The van der Waals surface area contributed by atoms with E-state index in [1.165, 1.54) is 32.1 Å². The fourth-order valence-electron chi connectivity index (χ4n) is 2.43. The molecular formula is C11H23N. The Kier molecular flexibility index (Phi) is 4.07. The Morgan fingerprint density at radius 2 is 2.08 bits per heavy atom. The molecule has 0 aliphatic heterocycles. The standard InChI is InChI=1S/C11H23N/c1-3-9-6-5-7-10(8-9)11(12)4-2/h9-11H,3-8,12H2,1-2H3. The molecule has 1 heteroatoms. The van der Waals surface area contributed by atoms with Gasteiger partial charge in [-0.2, -0.15) is 0 Å². The van der Waals surface area contributed by atoms with Gasteiger partial charge in [0.1, 0.15) is 0 Å². The summed E-state index contributed by atoms with van der Waals surface area (Å²) in [6.45, 7) is 4.52. The van der Waals surface area contributed by atoms with Crippen LogP contribution in [0.4, 0.5) is 0 Å². The van der Waals surface area contributed by atoms with Crippen molar-refractivity contribution in [1.82, 2.24) is 0 Å². The molecule has 0 amide bonds. The van der Waals surface area contributed by atoms with Crippen molar-refractivity contribution in [2.45, 2.75) is 58.4 Å². The highest BCUT2D eigenvalue weighted by molar-refractivity contribution is 4.79. The third-order valence-corrected chi connectivity index (χ3v) is 3.48. The van der Waals surface area contributed by atoms with Gasteiger partial charge < -0.3 is 5.73 Å². The maximum Gasteiger partial charge on any atom is 0.00646 e. The van der Waals surface area contributed by atoms with E-state index in [4.69, 9.17) is 5.73 Å². The van der Waals surface area contributed by atoms with E-state index >= 15 is 0 Å². The van der Waals surface area contributed by atoms with Crippen molar-refractivity contribution in [3.63, 3.8) is 0 Å². The maximum absolute atomic E-state index is 6.06. The van der Waals surface area contributed by atoms with Crippen LogP contribution >= 0.6 is 0 Å². The van der Waals surface area contributed by atoms with Crippen molar-refractivity contribution < 1.29 is 0 Å². The third kappa shape index (κ3) is 2.48. The highest BCUT2D eigenvalue weighted by atomic mass is 14.6. The molecule has 0 spiro atoms. The SMILES string of the molecule is CCC1CCCC(C(N)CC)C1. The summed E-state index contributed by atoms with van der Waals surface area (Å²) in [7, 11) is 0. The molecule has 12 heavy (non-hydrogen) atoms. The van der Waals surface area contributed by atoms with E-state index in [1.54, 1.807) is 0 Å². The van der Waals surface area contributed by atoms with Gasteiger partial charge in [0.15, 0.2) is 0 Å². The summed E-state index contributed by atoms with van der Waals surface area (Å²) in [4.78, 5) is 0. The predicted molar refractivity (Wildman–Crippen MR) is 54.0 cm³/mol. The predicted octanol–water partition coefficient (Wildman–Crippen LogP) is 2.94. The minimum Gasteiger partial charge on any atom is -0.327 e. The Hall–Kier alpha value is -0.0400. The van der Waals surface area contributed by atoms with Gasteiger partial charge in [0.2, 0.25) is 0 Å². The summed E-state index contributed by atoms with van der Waals surface area (Å²) < 4.78 is 0. The average molecular weight is 169 g/mol. The summed E-state index contributed by atoms with van der Waals surface area (Å²) in [6, 6.07) is 0.472. The van der Waals surface area contributed by atoms with Crippen molar-refractivity contribution in [2.75, 3.05) is 0 Å². The van der Waals surface area contributed by atoms with Crippen LogP contribution in [-0.2, 0) is 0 Å².